The summed E-state index contributed by atoms with van der Waals surface area (Å²) in [5.41, 5.74) is 0.735. The number of hydrogen-bond acceptors (Lipinski definition) is 5. The number of hydrogen-bond donors (Lipinski definition) is 1. The first-order valence-electron chi connectivity index (χ1n) is 8.64. The number of carbonyl (C=O) groups excluding carboxylic acids is 2. The van der Waals surface area contributed by atoms with E-state index in [2.05, 4.69) is 10.4 Å². The molecule has 0 bridgehead atoms. The average Bonchev–Trinajstić information content (AvgIpc) is 3.03. The highest BCUT2D eigenvalue weighted by atomic mass is 35.5. The van der Waals surface area contributed by atoms with Crippen molar-refractivity contribution in [1.82, 2.24) is 15.1 Å². The maximum atomic E-state index is 12.0. The topological polar surface area (TPSA) is 82.4 Å². The molecule has 8 heteroatoms. The molecule has 27 heavy (non-hydrogen) atoms. The van der Waals surface area contributed by atoms with Gasteiger partial charge in [-0.15, -0.1) is 0 Å². The Hall–Kier alpha value is -2.54. The van der Waals surface area contributed by atoms with Gasteiger partial charge in [-0.3, -0.25) is 4.68 Å². The molecular formula is C19H24ClN3O4. The Morgan fingerprint density at radius 3 is 2.70 bits per heavy atom. The Labute approximate surface area is 163 Å². The minimum absolute atomic E-state index is 0.185. The van der Waals surface area contributed by atoms with Crippen LogP contribution in [0.15, 0.2) is 36.7 Å². The predicted molar refractivity (Wildman–Crippen MR) is 102 cm³/mol. The van der Waals surface area contributed by atoms with Crippen LogP contribution in [0, 0.1) is 0 Å². The van der Waals surface area contributed by atoms with E-state index in [4.69, 9.17) is 21.1 Å². The summed E-state index contributed by atoms with van der Waals surface area (Å²) in [6, 6.07) is 7.46. The molecule has 0 radical (unpaired) electrons. The zero-order valence-corrected chi connectivity index (χ0v) is 16.5. The second kappa shape index (κ2) is 9.41. The summed E-state index contributed by atoms with van der Waals surface area (Å²) >= 11 is 6.13. The van der Waals surface area contributed by atoms with Crippen molar-refractivity contribution in [1.29, 1.82) is 0 Å². The molecule has 0 spiro atoms. The highest BCUT2D eigenvalue weighted by molar-refractivity contribution is 6.31. The lowest BCUT2D eigenvalue weighted by Gasteiger charge is -2.19. The van der Waals surface area contributed by atoms with Gasteiger partial charge in [-0.05, 0) is 38.8 Å². The van der Waals surface area contributed by atoms with Gasteiger partial charge in [0.1, 0.15) is 5.60 Å². The SMILES string of the molecule is CC(C)(C)OC(=O)NCCCOC(=O)c1cnn(Cc2ccccc2Cl)c1. The fraction of sp³-hybridized carbons (Fsp3) is 0.421. The molecule has 0 aliphatic rings. The van der Waals surface area contributed by atoms with Gasteiger partial charge in [-0.1, -0.05) is 29.8 Å². The molecule has 0 aliphatic carbocycles. The van der Waals surface area contributed by atoms with Gasteiger partial charge in [0.25, 0.3) is 0 Å². The first kappa shape index (κ1) is 20.8. The molecule has 146 valence electrons. The van der Waals surface area contributed by atoms with Crippen molar-refractivity contribution in [3.05, 3.63) is 52.8 Å². The maximum absolute atomic E-state index is 12.0. The van der Waals surface area contributed by atoms with Crippen LogP contribution in [0.1, 0.15) is 43.1 Å². The molecule has 1 heterocycles. The van der Waals surface area contributed by atoms with Crippen molar-refractivity contribution in [3.8, 4) is 0 Å². The number of alkyl carbamates (subject to hydrolysis) is 1. The van der Waals surface area contributed by atoms with Gasteiger partial charge in [0.15, 0.2) is 0 Å². The lowest BCUT2D eigenvalue weighted by atomic mass is 10.2. The van der Waals surface area contributed by atoms with Crippen LogP contribution in [0.2, 0.25) is 5.02 Å². The van der Waals surface area contributed by atoms with Crippen LogP contribution < -0.4 is 5.32 Å². The highest BCUT2D eigenvalue weighted by Gasteiger charge is 2.15. The third-order valence-electron chi connectivity index (χ3n) is 3.38. The minimum atomic E-state index is -0.541. The smallest absolute Gasteiger partial charge is 0.407 e. The molecule has 0 aliphatic heterocycles. The third-order valence-corrected chi connectivity index (χ3v) is 3.75. The monoisotopic (exact) mass is 393 g/mol. The fourth-order valence-corrected chi connectivity index (χ4v) is 2.38. The average molecular weight is 394 g/mol. The van der Waals surface area contributed by atoms with Crippen LogP contribution in [0.3, 0.4) is 0 Å². The lowest BCUT2D eigenvalue weighted by molar-refractivity contribution is 0.0483. The molecular weight excluding hydrogens is 370 g/mol. The standard InChI is InChI=1S/C19H24ClN3O4/c1-19(2,3)27-18(25)21-9-6-10-26-17(24)15-11-22-23(13-15)12-14-7-4-5-8-16(14)20/h4-5,7-8,11,13H,6,9-10,12H2,1-3H3,(H,21,25). The maximum Gasteiger partial charge on any atom is 0.407 e. The third kappa shape index (κ3) is 7.30. The fourth-order valence-electron chi connectivity index (χ4n) is 2.18. The molecule has 1 N–H and O–H groups in total. The molecule has 1 amide bonds. The second-order valence-electron chi connectivity index (χ2n) is 6.94. The molecule has 2 aromatic rings. The van der Waals surface area contributed by atoms with Crippen molar-refractivity contribution >= 4 is 23.7 Å². The second-order valence-corrected chi connectivity index (χ2v) is 7.34. The minimum Gasteiger partial charge on any atom is -0.462 e. The quantitative estimate of drug-likeness (QED) is 0.573. The first-order chi connectivity index (χ1) is 12.7. The Bertz CT molecular complexity index is 783. The van der Waals surface area contributed by atoms with Gasteiger partial charge in [-0.25, -0.2) is 9.59 Å². The van der Waals surface area contributed by atoms with Crippen molar-refractivity contribution < 1.29 is 19.1 Å². The van der Waals surface area contributed by atoms with E-state index in [1.165, 1.54) is 6.20 Å². The molecule has 1 aromatic carbocycles. The van der Waals surface area contributed by atoms with Gasteiger partial charge in [0, 0.05) is 17.8 Å². The summed E-state index contributed by atoms with van der Waals surface area (Å²) in [6.07, 6.45) is 3.07. The van der Waals surface area contributed by atoms with Crippen molar-refractivity contribution in [3.63, 3.8) is 0 Å². The van der Waals surface area contributed by atoms with Crippen molar-refractivity contribution in [2.24, 2.45) is 0 Å². The van der Waals surface area contributed by atoms with E-state index in [-0.39, 0.29) is 6.61 Å². The first-order valence-corrected chi connectivity index (χ1v) is 9.02. The van der Waals surface area contributed by atoms with E-state index in [1.54, 1.807) is 37.7 Å². The van der Waals surface area contributed by atoms with Gasteiger partial charge < -0.3 is 14.8 Å². The summed E-state index contributed by atoms with van der Waals surface area (Å²) < 4.78 is 11.9. The van der Waals surface area contributed by atoms with E-state index >= 15 is 0 Å². The molecule has 0 fully saturated rings. The number of halogens is 1. The number of ether oxygens (including phenoxy) is 2. The van der Waals surface area contributed by atoms with Gasteiger partial charge in [0.05, 0.1) is 24.9 Å². The summed E-state index contributed by atoms with van der Waals surface area (Å²) in [5, 5.41) is 7.41. The number of nitrogens with one attached hydrogen (secondary N) is 1. The molecule has 1 aromatic heterocycles. The molecule has 2 rings (SSSR count). The van der Waals surface area contributed by atoms with Crippen LogP contribution in [-0.2, 0) is 16.0 Å². The molecule has 0 atom stereocenters. The van der Waals surface area contributed by atoms with Crippen molar-refractivity contribution in [2.45, 2.75) is 39.3 Å². The Morgan fingerprint density at radius 1 is 1.26 bits per heavy atom. The normalized spacial score (nSPS) is 11.1. The van der Waals surface area contributed by atoms with E-state index in [1.807, 2.05) is 18.2 Å². The van der Waals surface area contributed by atoms with Crippen LogP contribution in [0.25, 0.3) is 0 Å². The van der Waals surface area contributed by atoms with Crippen LogP contribution in [0.5, 0.6) is 0 Å². The number of aromatic nitrogens is 2. The van der Waals surface area contributed by atoms with E-state index in [0.29, 0.717) is 30.1 Å². The number of esters is 1. The number of carbonyl (C=O) groups is 2. The summed E-state index contributed by atoms with van der Waals surface area (Å²) in [7, 11) is 0. The van der Waals surface area contributed by atoms with Crippen LogP contribution in [0.4, 0.5) is 4.79 Å². The van der Waals surface area contributed by atoms with Gasteiger partial charge in [-0.2, -0.15) is 5.10 Å². The number of rotatable bonds is 7. The number of benzene rings is 1. The Kier molecular flexibility index (Phi) is 7.24. The predicted octanol–water partition coefficient (Wildman–Crippen LogP) is 3.66. The Balaban J connectivity index is 1.72. The summed E-state index contributed by atoms with van der Waals surface area (Å²) in [4.78, 5) is 23.5. The lowest BCUT2D eigenvalue weighted by Crippen LogP contribution is -2.33. The molecule has 0 unspecified atom stereocenters. The summed E-state index contributed by atoms with van der Waals surface area (Å²) in [6.45, 7) is 6.38. The Morgan fingerprint density at radius 2 is 2.00 bits per heavy atom. The molecule has 7 nitrogen and oxygen atoms in total. The zero-order valence-electron chi connectivity index (χ0n) is 15.7. The molecule has 0 saturated heterocycles. The largest absolute Gasteiger partial charge is 0.462 e. The van der Waals surface area contributed by atoms with E-state index in [9.17, 15) is 9.59 Å². The van der Waals surface area contributed by atoms with E-state index < -0.39 is 17.7 Å². The molecule has 0 saturated carbocycles. The highest BCUT2D eigenvalue weighted by Crippen LogP contribution is 2.16. The number of nitrogens with zero attached hydrogens (tertiary/aromatic N) is 2. The van der Waals surface area contributed by atoms with Gasteiger partial charge >= 0.3 is 12.1 Å². The number of amides is 1. The zero-order chi connectivity index (χ0) is 19.9. The van der Waals surface area contributed by atoms with Crippen LogP contribution in [-0.4, -0.2) is 40.6 Å². The van der Waals surface area contributed by atoms with Crippen LogP contribution >= 0.6 is 11.6 Å². The van der Waals surface area contributed by atoms with Gasteiger partial charge in [0.2, 0.25) is 0 Å². The summed E-state index contributed by atoms with van der Waals surface area (Å²) in [5.74, 6) is -0.460. The van der Waals surface area contributed by atoms with Crippen molar-refractivity contribution in [2.75, 3.05) is 13.2 Å². The van der Waals surface area contributed by atoms with E-state index in [0.717, 1.165) is 5.56 Å².